The van der Waals surface area contributed by atoms with Gasteiger partial charge in [-0.25, -0.2) is 0 Å². The lowest BCUT2D eigenvalue weighted by Gasteiger charge is -2.38. The largest absolute Gasteiger partial charge is 0.388 e. The number of rotatable bonds is 6. The zero-order valence-corrected chi connectivity index (χ0v) is 11.1. The topological polar surface area (TPSA) is 75.4 Å². The third kappa shape index (κ3) is 4.49. The van der Waals surface area contributed by atoms with Gasteiger partial charge in [0, 0.05) is 0 Å². The Morgan fingerprint density at radius 1 is 1.38 bits per heavy atom. The number of hydrogen-bond acceptors (Lipinski definition) is 3. The summed E-state index contributed by atoms with van der Waals surface area (Å²) < 4.78 is 0. The molecule has 0 saturated carbocycles. The quantitative estimate of drug-likeness (QED) is 0.641. The molecule has 0 aliphatic rings. The molecule has 0 spiro atoms. The summed E-state index contributed by atoms with van der Waals surface area (Å²) >= 11 is 0. The lowest BCUT2D eigenvalue weighted by molar-refractivity contribution is -0.127. The second-order valence-corrected chi connectivity index (χ2v) is 5.42. The molecule has 4 nitrogen and oxygen atoms in total. The maximum absolute atomic E-state index is 11.8. The van der Waals surface area contributed by atoms with Crippen LogP contribution in [-0.2, 0) is 4.79 Å². The molecule has 0 unspecified atom stereocenters. The third-order valence-corrected chi connectivity index (χ3v) is 3.17. The predicted octanol–water partition coefficient (Wildman–Crippen LogP) is 1.17. The van der Waals surface area contributed by atoms with Crippen LogP contribution < -0.4 is 11.1 Å². The normalized spacial score (nSPS) is 14.7. The summed E-state index contributed by atoms with van der Waals surface area (Å²) in [6.07, 6.45) is 2.65. The van der Waals surface area contributed by atoms with E-state index in [9.17, 15) is 9.90 Å². The highest BCUT2D eigenvalue weighted by Gasteiger charge is 2.37. The Bertz CT molecular complexity index is 232. The van der Waals surface area contributed by atoms with Crippen molar-refractivity contribution in [3.63, 3.8) is 0 Å². The van der Waals surface area contributed by atoms with Crippen LogP contribution in [0.15, 0.2) is 0 Å². The average Bonchev–Trinajstić information content (AvgIpc) is 2.11. The molecule has 0 aliphatic carbocycles. The number of nitrogens with one attached hydrogen (secondary N) is 1. The Morgan fingerprint density at radius 2 is 1.88 bits per heavy atom. The Labute approximate surface area is 98.6 Å². The van der Waals surface area contributed by atoms with Crippen molar-refractivity contribution in [2.45, 2.75) is 71.1 Å². The van der Waals surface area contributed by atoms with Gasteiger partial charge >= 0.3 is 0 Å². The summed E-state index contributed by atoms with van der Waals surface area (Å²) in [7, 11) is 0. The van der Waals surface area contributed by atoms with Gasteiger partial charge in [-0.3, -0.25) is 4.79 Å². The van der Waals surface area contributed by atoms with E-state index in [1.54, 1.807) is 27.7 Å². The first-order chi connectivity index (χ1) is 7.12. The molecule has 0 aromatic carbocycles. The van der Waals surface area contributed by atoms with E-state index in [0.29, 0.717) is 6.42 Å². The predicted molar refractivity (Wildman–Crippen MR) is 66.0 cm³/mol. The van der Waals surface area contributed by atoms with Crippen LogP contribution in [0, 0.1) is 0 Å². The summed E-state index contributed by atoms with van der Waals surface area (Å²) in [6, 6.07) is -0.485. The molecule has 4 heteroatoms. The molecular weight excluding hydrogens is 204 g/mol. The molecule has 0 aliphatic heterocycles. The Balaban J connectivity index is 4.33. The maximum Gasteiger partial charge on any atom is 0.237 e. The first-order valence-electron chi connectivity index (χ1n) is 5.92. The fourth-order valence-corrected chi connectivity index (χ4v) is 1.11. The second kappa shape index (κ2) is 5.64. The average molecular weight is 230 g/mol. The van der Waals surface area contributed by atoms with Crippen LogP contribution in [0.3, 0.4) is 0 Å². The Kier molecular flexibility index (Phi) is 5.42. The van der Waals surface area contributed by atoms with Crippen LogP contribution in [0.25, 0.3) is 0 Å². The lowest BCUT2D eigenvalue weighted by atomic mass is 9.85. The molecule has 0 fully saturated rings. The SMILES string of the molecule is CCCC[C@H](N)C(=O)NC(C)(C)C(C)(C)O. The molecule has 1 atom stereocenters. The van der Waals surface area contributed by atoms with Crippen molar-refractivity contribution >= 4 is 5.91 Å². The van der Waals surface area contributed by atoms with E-state index in [4.69, 9.17) is 5.73 Å². The summed E-state index contributed by atoms with van der Waals surface area (Å²) in [6.45, 7) is 8.98. The summed E-state index contributed by atoms with van der Waals surface area (Å²) in [5.41, 5.74) is 4.09. The van der Waals surface area contributed by atoms with Gasteiger partial charge in [0.05, 0.1) is 17.2 Å². The second-order valence-electron chi connectivity index (χ2n) is 5.42. The van der Waals surface area contributed by atoms with E-state index in [0.717, 1.165) is 12.8 Å². The summed E-state index contributed by atoms with van der Waals surface area (Å²) in [5, 5.41) is 12.7. The van der Waals surface area contributed by atoms with Gasteiger partial charge in [-0.1, -0.05) is 19.8 Å². The molecule has 0 aromatic heterocycles. The van der Waals surface area contributed by atoms with Crippen molar-refractivity contribution in [3.8, 4) is 0 Å². The minimum Gasteiger partial charge on any atom is -0.388 e. The zero-order chi connectivity index (χ0) is 13.0. The van der Waals surface area contributed by atoms with Crippen LogP contribution in [0.4, 0.5) is 0 Å². The third-order valence-electron chi connectivity index (χ3n) is 3.17. The van der Waals surface area contributed by atoms with Gasteiger partial charge in [0.2, 0.25) is 5.91 Å². The Morgan fingerprint density at radius 3 is 2.25 bits per heavy atom. The van der Waals surface area contributed by atoms with Gasteiger partial charge < -0.3 is 16.2 Å². The maximum atomic E-state index is 11.8. The fourth-order valence-electron chi connectivity index (χ4n) is 1.11. The van der Waals surface area contributed by atoms with Crippen LogP contribution in [0.5, 0.6) is 0 Å². The monoisotopic (exact) mass is 230 g/mol. The standard InChI is InChI=1S/C12H26N2O2/c1-6-7-8-9(13)10(15)14-11(2,3)12(4,5)16/h9,16H,6-8,13H2,1-5H3,(H,14,15)/t9-/m0/s1. The molecule has 16 heavy (non-hydrogen) atoms. The highest BCUT2D eigenvalue weighted by molar-refractivity contribution is 5.82. The van der Waals surface area contributed by atoms with Crippen LogP contribution in [-0.4, -0.2) is 28.2 Å². The van der Waals surface area contributed by atoms with Crippen molar-refractivity contribution in [1.29, 1.82) is 0 Å². The highest BCUT2D eigenvalue weighted by atomic mass is 16.3. The van der Waals surface area contributed by atoms with Crippen molar-refractivity contribution < 1.29 is 9.90 Å². The first kappa shape index (κ1) is 15.4. The number of carbonyl (C=O) groups is 1. The minimum atomic E-state index is -0.979. The van der Waals surface area contributed by atoms with Crippen LogP contribution >= 0.6 is 0 Å². The summed E-state index contributed by atoms with van der Waals surface area (Å²) in [5.74, 6) is -0.194. The molecule has 4 N–H and O–H groups in total. The van der Waals surface area contributed by atoms with Crippen LogP contribution in [0.1, 0.15) is 53.9 Å². The highest BCUT2D eigenvalue weighted by Crippen LogP contribution is 2.20. The molecule has 0 saturated heterocycles. The van der Waals surface area contributed by atoms with Crippen molar-refractivity contribution in [2.24, 2.45) is 5.73 Å². The Hall–Kier alpha value is -0.610. The van der Waals surface area contributed by atoms with Gasteiger partial charge in [-0.15, -0.1) is 0 Å². The molecule has 0 radical (unpaired) electrons. The van der Waals surface area contributed by atoms with Gasteiger partial charge in [-0.05, 0) is 34.1 Å². The van der Waals surface area contributed by atoms with E-state index in [1.807, 2.05) is 0 Å². The smallest absolute Gasteiger partial charge is 0.237 e. The number of unbranched alkanes of at least 4 members (excludes halogenated alkanes) is 1. The molecule has 0 bridgehead atoms. The van der Waals surface area contributed by atoms with Crippen molar-refractivity contribution in [3.05, 3.63) is 0 Å². The van der Waals surface area contributed by atoms with Crippen molar-refractivity contribution in [1.82, 2.24) is 5.32 Å². The molecular formula is C12H26N2O2. The number of nitrogens with two attached hydrogens (primary N) is 1. The minimum absolute atomic E-state index is 0.194. The molecule has 0 heterocycles. The van der Waals surface area contributed by atoms with E-state index in [2.05, 4.69) is 12.2 Å². The van der Waals surface area contributed by atoms with E-state index >= 15 is 0 Å². The molecule has 0 rings (SSSR count). The van der Waals surface area contributed by atoms with E-state index < -0.39 is 17.2 Å². The molecule has 96 valence electrons. The van der Waals surface area contributed by atoms with Crippen LogP contribution in [0.2, 0.25) is 0 Å². The van der Waals surface area contributed by atoms with Gasteiger partial charge in [0.25, 0.3) is 0 Å². The molecule has 1 amide bonds. The van der Waals surface area contributed by atoms with Crippen molar-refractivity contribution in [2.75, 3.05) is 0 Å². The van der Waals surface area contributed by atoms with E-state index in [-0.39, 0.29) is 5.91 Å². The number of aliphatic hydroxyl groups is 1. The van der Waals surface area contributed by atoms with Gasteiger partial charge in [0.15, 0.2) is 0 Å². The number of amides is 1. The first-order valence-corrected chi connectivity index (χ1v) is 5.92. The number of hydrogen-bond donors (Lipinski definition) is 3. The molecule has 0 aromatic rings. The summed E-state index contributed by atoms with van der Waals surface area (Å²) in [4.78, 5) is 11.8. The van der Waals surface area contributed by atoms with E-state index in [1.165, 1.54) is 0 Å². The number of carbonyl (C=O) groups excluding carboxylic acids is 1. The van der Waals surface area contributed by atoms with Gasteiger partial charge in [-0.2, -0.15) is 0 Å². The zero-order valence-electron chi connectivity index (χ0n) is 11.1. The van der Waals surface area contributed by atoms with Gasteiger partial charge in [0.1, 0.15) is 0 Å². The fraction of sp³-hybridized carbons (Fsp3) is 0.917. The lowest BCUT2D eigenvalue weighted by Crippen LogP contribution is -2.60.